The number of alkyl carbamates (subject to hydrolysis) is 1. The number of hydrogen-bond acceptors (Lipinski definition) is 7. The third-order valence-corrected chi connectivity index (χ3v) is 5.64. The lowest BCUT2D eigenvalue weighted by atomic mass is 10.0. The topological polar surface area (TPSA) is 99.6 Å². The van der Waals surface area contributed by atoms with Crippen LogP contribution in [0.3, 0.4) is 0 Å². The second-order valence-corrected chi connectivity index (χ2v) is 9.80. The van der Waals surface area contributed by atoms with Gasteiger partial charge in [-0.05, 0) is 51.8 Å². The Morgan fingerprint density at radius 3 is 2.73 bits per heavy atom. The summed E-state index contributed by atoms with van der Waals surface area (Å²) in [4.78, 5) is 22.1. The van der Waals surface area contributed by atoms with E-state index in [-0.39, 0.29) is 24.4 Å². The summed E-state index contributed by atoms with van der Waals surface area (Å²) < 4.78 is 19.7. The fraction of sp³-hybridized carbons (Fsp3) is 0.500. The van der Waals surface area contributed by atoms with Crippen LogP contribution in [0.5, 0.6) is 0 Å². The van der Waals surface area contributed by atoms with Crippen LogP contribution >= 0.6 is 23.2 Å². The molecular weight excluding hydrogens is 472 g/mol. The number of ether oxygens (including phenoxy) is 1. The highest BCUT2D eigenvalue weighted by atomic mass is 35.5. The quantitative estimate of drug-likeness (QED) is 0.554. The molecule has 3 N–H and O–H groups in total. The van der Waals surface area contributed by atoms with Gasteiger partial charge >= 0.3 is 6.09 Å². The average Bonchev–Trinajstić information content (AvgIpc) is 2.69. The molecule has 33 heavy (non-hydrogen) atoms. The van der Waals surface area contributed by atoms with E-state index in [1.807, 2.05) is 6.92 Å². The molecular formula is C22H28Cl2FN5O3. The number of halogens is 3. The molecule has 0 radical (unpaired) electrons. The number of piperidine rings is 1. The summed E-state index contributed by atoms with van der Waals surface area (Å²) in [5, 5.41) is 17.2. The average molecular weight is 500 g/mol. The second-order valence-electron chi connectivity index (χ2n) is 8.95. The highest BCUT2D eigenvalue weighted by Gasteiger charge is 2.31. The maximum absolute atomic E-state index is 14.4. The summed E-state index contributed by atoms with van der Waals surface area (Å²) in [6.07, 6.45) is 0.0707. The number of carbonyl (C=O) groups is 1. The van der Waals surface area contributed by atoms with Crippen LogP contribution < -0.4 is 15.5 Å². The number of amides is 1. The monoisotopic (exact) mass is 499 g/mol. The van der Waals surface area contributed by atoms with Crippen molar-refractivity contribution in [2.24, 2.45) is 0 Å². The van der Waals surface area contributed by atoms with E-state index in [2.05, 4.69) is 20.6 Å². The highest BCUT2D eigenvalue weighted by molar-refractivity contribution is 6.35. The number of anilines is 2. The number of aromatic nitrogens is 2. The van der Waals surface area contributed by atoms with Crippen LogP contribution in [0.15, 0.2) is 24.4 Å². The van der Waals surface area contributed by atoms with Gasteiger partial charge in [0.25, 0.3) is 0 Å². The Labute approximate surface area is 202 Å². The van der Waals surface area contributed by atoms with Crippen LogP contribution in [-0.4, -0.2) is 52.0 Å². The summed E-state index contributed by atoms with van der Waals surface area (Å²) in [6, 6.07) is 4.28. The third-order valence-electron chi connectivity index (χ3n) is 5.08. The van der Waals surface area contributed by atoms with Gasteiger partial charge in [-0.25, -0.2) is 14.2 Å². The minimum absolute atomic E-state index is 0.0157. The Hall–Kier alpha value is -2.36. The van der Waals surface area contributed by atoms with Gasteiger partial charge < -0.3 is 25.4 Å². The molecule has 1 fully saturated rings. The first-order valence-electron chi connectivity index (χ1n) is 10.6. The number of nitrogens with one attached hydrogen (secondary N) is 2. The molecule has 8 nitrogen and oxygen atoms in total. The van der Waals surface area contributed by atoms with Crippen molar-refractivity contribution in [2.75, 3.05) is 23.3 Å². The predicted octanol–water partition coefficient (Wildman–Crippen LogP) is 4.56. The first kappa shape index (κ1) is 25.3. The van der Waals surface area contributed by atoms with Gasteiger partial charge in [0.15, 0.2) is 11.6 Å². The summed E-state index contributed by atoms with van der Waals surface area (Å²) in [6.45, 7) is 7.76. The van der Waals surface area contributed by atoms with E-state index in [1.54, 1.807) is 43.9 Å². The maximum atomic E-state index is 14.4. The summed E-state index contributed by atoms with van der Waals surface area (Å²) >= 11 is 12.2. The molecule has 3 atom stereocenters. The standard InChI is InChI=1S/C22H28Cl2FN5O3/c1-12(14-6-5-13(23)9-15(14)24)27-19-16(25)10-26-20(29-19)30-8-7-17(18(31)11-30)28-21(32)33-22(2,3)4/h5-6,9-10,12,17-18,31H,7-8,11H2,1-4H3,(H,28,32)(H,26,27,29)/t12-,17+,18-/m1/s1. The van der Waals surface area contributed by atoms with Crippen molar-refractivity contribution in [2.45, 2.75) is 57.9 Å². The number of carbonyl (C=O) groups excluding carboxylic acids is 1. The Bertz CT molecular complexity index is 1000. The number of benzene rings is 1. The first-order valence-corrected chi connectivity index (χ1v) is 11.3. The molecule has 0 aliphatic carbocycles. The van der Waals surface area contributed by atoms with Crippen molar-refractivity contribution in [1.82, 2.24) is 15.3 Å². The SMILES string of the molecule is C[C@@H](Nc1nc(N2CC[C@H](NC(=O)OC(C)(C)C)[C@H](O)C2)ncc1F)c1ccc(Cl)cc1Cl. The minimum atomic E-state index is -0.872. The van der Waals surface area contributed by atoms with Crippen molar-refractivity contribution in [1.29, 1.82) is 0 Å². The van der Waals surface area contributed by atoms with Crippen LogP contribution in [0, 0.1) is 5.82 Å². The normalized spacial score (nSPS) is 19.7. The van der Waals surface area contributed by atoms with Gasteiger partial charge in [-0.2, -0.15) is 4.98 Å². The van der Waals surface area contributed by atoms with E-state index < -0.39 is 29.7 Å². The molecule has 2 aromatic rings. The number of aliphatic hydroxyl groups is 1. The zero-order valence-electron chi connectivity index (χ0n) is 18.9. The van der Waals surface area contributed by atoms with Gasteiger partial charge in [0.2, 0.25) is 5.95 Å². The van der Waals surface area contributed by atoms with E-state index in [0.717, 1.165) is 11.8 Å². The van der Waals surface area contributed by atoms with Crippen LogP contribution in [0.25, 0.3) is 0 Å². The van der Waals surface area contributed by atoms with Crippen molar-refractivity contribution in [3.8, 4) is 0 Å². The Morgan fingerprint density at radius 1 is 1.36 bits per heavy atom. The maximum Gasteiger partial charge on any atom is 0.407 e. The molecule has 1 saturated heterocycles. The van der Waals surface area contributed by atoms with Gasteiger partial charge in [-0.15, -0.1) is 0 Å². The lowest BCUT2D eigenvalue weighted by Crippen LogP contribution is -2.55. The Morgan fingerprint density at radius 2 is 2.09 bits per heavy atom. The number of hydrogen-bond donors (Lipinski definition) is 3. The molecule has 11 heteroatoms. The molecule has 2 heterocycles. The third kappa shape index (κ3) is 6.82. The van der Waals surface area contributed by atoms with E-state index in [0.29, 0.717) is 23.0 Å². The smallest absolute Gasteiger partial charge is 0.407 e. The Kier molecular flexibility index (Phi) is 7.87. The van der Waals surface area contributed by atoms with E-state index in [4.69, 9.17) is 27.9 Å². The van der Waals surface area contributed by atoms with Crippen molar-refractivity contribution < 1.29 is 19.0 Å². The number of nitrogens with zero attached hydrogens (tertiary/aromatic N) is 3. The van der Waals surface area contributed by atoms with E-state index in [1.165, 1.54) is 0 Å². The molecule has 0 bridgehead atoms. The molecule has 1 aliphatic rings. The zero-order chi connectivity index (χ0) is 24.3. The van der Waals surface area contributed by atoms with Gasteiger partial charge in [-0.1, -0.05) is 29.3 Å². The molecule has 1 aromatic carbocycles. The van der Waals surface area contributed by atoms with Crippen LogP contribution in [0.2, 0.25) is 10.0 Å². The van der Waals surface area contributed by atoms with Crippen molar-refractivity contribution in [3.63, 3.8) is 0 Å². The number of rotatable bonds is 5. The van der Waals surface area contributed by atoms with E-state index in [9.17, 15) is 14.3 Å². The molecule has 0 unspecified atom stereocenters. The lowest BCUT2D eigenvalue weighted by molar-refractivity contribution is 0.0402. The fourth-order valence-electron chi connectivity index (χ4n) is 3.49. The first-order chi connectivity index (χ1) is 15.4. The second kappa shape index (κ2) is 10.3. The summed E-state index contributed by atoms with van der Waals surface area (Å²) in [5.41, 5.74) is 0.110. The largest absolute Gasteiger partial charge is 0.444 e. The molecule has 1 aromatic heterocycles. The minimum Gasteiger partial charge on any atom is -0.444 e. The molecule has 180 valence electrons. The van der Waals surface area contributed by atoms with Crippen LogP contribution in [0.4, 0.5) is 21.0 Å². The Balaban J connectivity index is 1.66. The van der Waals surface area contributed by atoms with Gasteiger partial charge in [0.05, 0.1) is 24.4 Å². The molecule has 1 amide bonds. The van der Waals surface area contributed by atoms with Gasteiger partial charge in [0.1, 0.15) is 5.60 Å². The van der Waals surface area contributed by atoms with Crippen molar-refractivity contribution in [3.05, 3.63) is 45.8 Å². The van der Waals surface area contributed by atoms with Gasteiger partial charge in [0, 0.05) is 23.1 Å². The zero-order valence-corrected chi connectivity index (χ0v) is 20.4. The highest BCUT2D eigenvalue weighted by Crippen LogP contribution is 2.29. The van der Waals surface area contributed by atoms with Crippen molar-refractivity contribution >= 4 is 41.1 Å². The molecule has 0 spiro atoms. The fourth-order valence-corrected chi connectivity index (χ4v) is 4.06. The lowest BCUT2D eigenvalue weighted by Gasteiger charge is -2.36. The van der Waals surface area contributed by atoms with Crippen LogP contribution in [0.1, 0.15) is 45.7 Å². The number of aliphatic hydroxyl groups excluding tert-OH is 1. The van der Waals surface area contributed by atoms with Gasteiger partial charge in [-0.3, -0.25) is 0 Å². The predicted molar refractivity (Wildman–Crippen MR) is 126 cm³/mol. The number of β-amino-alcohol motifs (C(OH)–C–C–N with tert-alkyl or cyclic N) is 1. The molecule has 1 aliphatic heterocycles. The molecule has 3 rings (SSSR count). The molecule has 0 saturated carbocycles. The van der Waals surface area contributed by atoms with E-state index >= 15 is 0 Å². The summed E-state index contributed by atoms with van der Waals surface area (Å²) in [5.74, 6) is -0.331. The summed E-state index contributed by atoms with van der Waals surface area (Å²) in [7, 11) is 0. The van der Waals surface area contributed by atoms with Crippen LogP contribution in [-0.2, 0) is 4.74 Å².